The Hall–Kier alpha value is -0.680. The maximum Gasteiger partial charge on any atom is 0.182 e. The second-order valence-electron chi connectivity index (χ2n) is 3.46. The third-order valence-corrected chi connectivity index (χ3v) is 2.89. The van der Waals surface area contributed by atoms with Crippen LogP contribution in [0.3, 0.4) is 0 Å². The average molecular weight is 277 g/mol. The zero-order valence-corrected chi connectivity index (χ0v) is 9.65. The van der Waals surface area contributed by atoms with E-state index in [1.54, 1.807) is 6.07 Å². The monoisotopic (exact) mass is 276 g/mol. The van der Waals surface area contributed by atoms with Crippen molar-refractivity contribution in [1.29, 1.82) is 0 Å². The van der Waals surface area contributed by atoms with Gasteiger partial charge in [-0.25, -0.2) is 8.78 Å². The minimum atomic E-state index is -0.807. The van der Waals surface area contributed by atoms with Crippen molar-refractivity contribution in [2.75, 3.05) is 31.1 Å². The van der Waals surface area contributed by atoms with Crippen LogP contribution in [-0.2, 0) is 0 Å². The number of benzene rings is 1. The van der Waals surface area contributed by atoms with Gasteiger partial charge < -0.3 is 10.2 Å². The summed E-state index contributed by atoms with van der Waals surface area (Å²) in [7, 11) is 0. The van der Waals surface area contributed by atoms with Crippen molar-refractivity contribution in [3.8, 4) is 0 Å². The predicted molar refractivity (Wildman–Crippen MR) is 59.1 cm³/mol. The van der Waals surface area contributed by atoms with Gasteiger partial charge in [-0.05, 0) is 12.1 Å². The van der Waals surface area contributed by atoms with Crippen LogP contribution in [0.15, 0.2) is 16.6 Å². The van der Waals surface area contributed by atoms with E-state index in [1.165, 1.54) is 0 Å². The molecule has 1 aromatic rings. The number of hydrogen-bond acceptors (Lipinski definition) is 2. The third-order valence-electron chi connectivity index (χ3n) is 2.43. The van der Waals surface area contributed by atoms with Gasteiger partial charge >= 0.3 is 0 Å². The van der Waals surface area contributed by atoms with Crippen LogP contribution in [-0.4, -0.2) is 26.2 Å². The van der Waals surface area contributed by atoms with Crippen molar-refractivity contribution < 1.29 is 8.78 Å². The van der Waals surface area contributed by atoms with E-state index in [1.807, 2.05) is 4.90 Å². The second-order valence-corrected chi connectivity index (χ2v) is 4.37. The van der Waals surface area contributed by atoms with Gasteiger partial charge in [0.1, 0.15) is 0 Å². The lowest BCUT2D eigenvalue weighted by Gasteiger charge is -2.29. The van der Waals surface area contributed by atoms with Gasteiger partial charge in [0.2, 0.25) is 0 Å². The summed E-state index contributed by atoms with van der Waals surface area (Å²) in [6, 6.07) is 2.75. The first-order chi connectivity index (χ1) is 7.18. The maximum atomic E-state index is 13.5. The summed E-state index contributed by atoms with van der Waals surface area (Å²) < 4.78 is 27.2. The van der Waals surface area contributed by atoms with E-state index in [0.29, 0.717) is 23.2 Å². The maximum absolute atomic E-state index is 13.5. The van der Waals surface area contributed by atoms with E-state index >= 15 is 0 Å². The largest absolute Gasteiger partial charge is 0.367 e. The fourth-order valence-corrected chi connectivity index (χ4v) is 2.10. The Morgan fingerprint density at radius 3 is 2.53 bits per heavy atom. The molecule has 15 heavy (non-hydrogen) atoms. The molecule has 2 rings (SSSR count). The van der Waals surface area contributed by atoms with Gasteiger partial charge in [-0.2, -0.15) is 0 Å². The summed E-state index contributed by atoms with van der Waals surface area (Å²) in [6.45, 7) is 3.00. The second kappa shape index (κ2) is 4.45. The van der Waals surface area contributed by atoms with Gasteiger partial charge in [-0.1, -0.05) is 15.9 Å². The van der Waals surface area contributed by atoms with Crippen LogP contribution < -0.4 is 10.2 Å². The Morgan fingerprint density at radius 1 is 1.20 bits per heavy atom. The van der Waals surface area contributed by atoms with Gasteiger partial charge in [0.25, 0.3) is 0 Å². The van der Waals surface area contributed by atoms with Crippen LogP contribution in [0.4, 0.5) is 14.5 Å². The highest BCUT2D eigenvalue weighted by molar-refractivity contribution is 9.10. The number of halogens is 3. The van der Waals surface area contributed by atoms with Crippen molar-refractivity contribution in [2.24, 2.45) is 0 Å². The van der Waals surface area contributed by atoms with Gasteiger partial charge in [0.05, 0.1) is 5.69 Å². The normalized spacial score (nSPS) is 16.9. The molecule has 1 saturated heterocycles. The van der Waals surface area contributed by atoms with E-state index in [4.69, 9.17) is 0 Å². The number of hydrogen-bond donors (Lipinski definition) is 1. The molecule has 1 heterocycles. The third kappa shape index (κ3) is 2.29. The fraction of sp³-hybridized carbons (Fsp3) is 0.400. The quantitative estimate of drug-likeness (QED) is 0.791. The minimum absolute atomic E-state index is 0.336. The molecule has 2 nitrogen and oxygen atoms in total. The average Bonchev–Trinajstić information content (AvgIpc) is 2.24. The highest BCUT2D eigenvalue weighted by atomic mass is 79.9. The Labute approximate surface area is 95.4 Å². The smallest absolute Gasteiger partial charge is 0.182 e. The van der Waals surface area contributed by atoms with E-state index in [0.717, 1.165) is 19.2 Å². The summed E-state index contributed by atoms with van der Waals surface area (Å²) in [5.74, 6) is -1.57. The van der Waals surface area contributed by atoms with Crippen LogP contribution >= 0.6 is 15.9 Å². The highest BCUT2D eigenvalue weighted by Crippen LogP contribution is 2.26. The molecule has 0 aromatic heterocycles. The van der Waals surface area contributed by atoms with E-state index in [9.17, 15) is 8.78 Å². The van der Waals surface area contributed by atoms with Crippen LogP contribution in [0.1, 0.15) is 0 Å². The molecule has 0 atom stereocenters. The van der Waals surface area contributed by atoms with Crippen LogP contribution in [0, 0.1) is 11.6 Å². The number of rotatable bonds is 1. The topological polar surface area (TPSA) is 15.3 Å². The lowest BCUT2D eigenvalue weighted by molar-refractivity contribution is 0.498. The summed E-state index contributed by atoms with van der Waals surface area (Å²) in [4.78, 5) is 1.85. The zero-order chi connectivity index (χ0) is 10.8. The van der Waals surface area contributed by atoms with E-state index in [2.05, 4.69) is 21.2 Å². The van der Waals surface area contributed by atoms with Crippen molar-refractivity contribution >= 4 is 21.6 Å². The molecule has 1 aliphatic heterocycles. The number of nitrogens with one attached hydrogen (secondary N) is 1. The number of piperazine rings is 1. The molecule has 1 fully saturated rings. The van der Waals surface area contributed by atoms with E-state index < -0.39 is 11.6 Å². The van der Waals surface area contributed by atoms with Crippen molar-refractivity contribution in [3.05, 3.63) is 28.2 Å². The van der Waals surface area contributed by atoms with Crippen LogP contribution in [0.2, 0.25) is 0 Å². The van der Waals surface area contributed by atoms with Crippen LogP contribution in [0.25, 0.3) is 0 Å². The number of anilines is 1. The summed E-state index contributed by atoms with van der Waals surface area (Å²) in [5, 5.41) is 3.16. The Bertz CT molecular complexity index is 365. The molecule has 0 radical (unpaired) electrons. The summed E-state index contributed by atoms with van der Waals surface area (Å²) >= 11 is 3.16. The molecular formula is C10H11BrF2N2. The molecule has 0 unspecified atom stereocenters. The molecule has 82 valence electrons. The SMILES string of the molecule is Fc1cc(Br)cc(N2CCNCC2)c1F. The predicted octanol–water partition coefficient (Wildman–Crippen LogP) is 2.14. The molecule has 0 spiro atoms. The Balaban J connectivity index is 2.33. The van der Waals surface area contributed by atoms with Crippen LogP contribution in [0.5, 0.6) is 0 Å². The Kier molecular flexibility index (Phi) is 3.21. The van der Waals surface area contributed by atoms with Crippen molar-refractivity contribution in [3.63, 3.8) is 0 Å². The molecule has 1 aliphatic rings. The van der Waals surface area contributed by atoms with E-state index in [-0.39, 0.29) is 0 Å². The molecule has 1 N–H and O–H groups in total. The molecule has 1 aromatic carbocycles. The van der Waals surface area contributed by atoms with Gasteiger partial charge in [-0.15, -0.1) is 0 Å². The zero-order valence-electron chi connectivity index (χ0n) is 8.06. The van der Waals surface area contributed by atoms with Gasteiger partial charge in [0, 0.05) is 30.7 Å². The Morgan fingerprint density at radius 2 is 1.87 bits per heavy atom. The molecule has 0 aliphatic carbocycles. The standard InChI is InChI=1S/C10H11BrF2N2/c11-7-5-8(12)10(13)9(6-7)15-3-1-14-2-4-15/h5-6,14H,1-4H2. The fourth-order valence-electron chi connectivity index (χ4n) is 1.68. The van der Waals surface area contributed by atoms with Gasteiger partial charge in [-0.3, -0.25) is 0 Å². The minimum Gasteiger partial charge on any atom is -0.367 e. The van der Waals surface area contributed by atoms with Crippen molar-refractivity contribution in [2.45, 2.75) is 0 Å². The molecule has 5 heteroatoms. The molecular weight excluding hydrogens is 266 g/mol. The first-order valence-electron chi connectivity index (χ1n) is 4.78. The number of nitrogens with zero attached hydrogens (tertiary/aromatic N) is 1. The lowest BCUT2D eigenvalue weighted by atomic mass is 10.2. The molecule has 0 saturated carbocycles. The first-order valence-corrected chi connectivity index (χ1v) is 5.58. The molecule has 0 amide bonds. The molecule has 0 bridgehead atoms. The lowest BCUT2D eigenvalue weighted by Crippen LogP contribution is -2.44. The summed E-state index contributed by atoms with van der Waals surface area (Å²) in [6.07, 6.45) is 0. The van der Waals surface area contributed by atoms with Gasteiger partial charge in [0.15, 0.2) is 11.6 Å². The van der Waals surface area contributed by atoms with Crippen molar-refractivity contribution in [1.82, 2.24) is 5.32 Å². The summed E-state index contributed by atoms with van der Waals surface area (Å²) in [5.41, 5.74) is 0.336. The highest BCUT2D eigenvalue weighted by Gasteiger charge is 2.17. The first kappa shape index (κ1) is 10.8.